The van der Waals surface area contributed by atoms with Crippen molar-refractivity contribution in [1.29, 1.82) is 0 Å². The van der Waals surface area contributed by atoms with Crippen LogP contribution in [0, 0.1) is 12.3 Å². The Morgan fingerprint density at radius 3 is 1.97 bits per heavy atom. The van der Waals surface area contributed by atoms with Gasteiger partial charge in [0.1, 0.15) is 6.54 Å². The summed E-state index contributed by atoms with van der Waals surface area (Å²) in [6.07, 6.45) is 5.59. The molecule has 0 N–H and O–H groups in total. The van der Waals surface area contributed by atoms with Crippen molar-refractivity contribution in [3.05, 3.63) is 0 Å². The van der Waals surface area contributed by atoms with E-state index in [0.29, 0.717) is 36.9 Å². The molecule has 200 valence electrons. The zero-order valence-electron chi connectivity index (χ0n) is 22.1. The molecule has 4 atom stereocenters. The van der Waals surface area contributed by atoms with Crippen molar-refractivity contribution in [2.24, 2.45) is 0 Å². The number of hydrogen-bond acceptors (Lipinski definition) is 8. The first kappa shape index (κ1) is 30.9. The van der Waals surface area contributed by atoms with Crippen LogP contribution in [0.25, 0.3) is 0 Å². The molecule has 0 saturated carbocycles. The minimum absolute atomic E-state index is 0.0297. The number of hydrogen-bond donors (Lipinski definition) is 0. The number of rotatable bonds is 16. The summed E-state index contributed by atoms with van der Waals surface area (Å²) in [4.78, 5) is 37.0. The number of nitrogens with zero attached hydrogens (tertiary/aromatic N) is 1. The lowest BCUT2D eigenvalue weighted by atomic mass is 10.0. The Labute approximate surface area is 210 Å². The van der Waals surface area contributed by atoms with Crippen LogP contribution in [0.1, 0.15) is 72.1 Å². The number of esters is 3. The van der Waals surface area contributed by atoms with E-state index in [-0.39, 0.29) is 25.9 Å². The molecule has 0 unspecified atom stereocenters. The second-order valence-corrected chi connectivity index (χ2v) is 9.49. The van der Waals surface area contributed by atoms with Crippen LogP contribution in [0.3, 0.4) is 0 Å². The average Bonchev–Trinajstić information content (AvgIpc) is 2.77. The third-order valence-corrected chi connectivity index (χ3v) is 5.52. The Balaban J connectivity index is 2.94. The van der Waals surface area contributed by atoms with Crippen LogP contribution in [-0.4, -0.2) is 87.4 Å². The van der Waals surface area contributed by atoms with Gasteiger partial charge >= 0.3 is 17.9 Å². The normalized spacial score (nSPS) is 22.2. The summed E-state index contributed by atoms with van der Waals surface area (Å²) in [5, 5.41) is 0. The van der Waals surface area contributed by atoms with Crippen LogP contribution >= 0.6 is 0 Å². The molecule has 0 aromatic rings. The molecule has 0 radical (unpaired) electrons. The van der Waals surface area contributed by atoms with Crippen LogP contribution in [0.5, 0.6) is 0 Å². The maximum Gasteiger partial charge on any atom is 0.306 e. The van der Waals surface area contributed by atoms with Gasteiger partial charge in [0.25, 0.3) is 0 Å². The van der Waals surface area contributed by atoms with E-state index in [1.807, 2.05) is 20.8 Å². The molecule has 0 aliphatic carbocycles. The molecular weight excluding hydrogens is 454 g/mol. The van der Waals surface area contributed by atoms with Gasteiger partial charge in [0.15, 0.2) is 24.6 Å². The van der Waals surface area contributed by atoms with Crippen molar-refractivity contribution in [2.45, 2.75) is 96.7 Å². The van der Waals surface area contributed by atoms with Crippen molar-refractivity contribution >= 4 is 17.9 Å². The molecule has 1 heterocycles. The SMILES string of the molecule is C#CC[N+](C)(C)CCCCO[C@H]1OC[C@H](OC(=O)CCC)[C@H](OC(=O)CCC)[C@H]1OC(=O)CCC. The molecular formula is C26H44NO8+. The average molecular weight is 499 g/mol. The summed E-state index contributed by atoms with van der Waals surface area (Å²) in [5.41, 5.74) is 0. The first-order chi connectivity index (χ1) is 16.7. The fraction of sp³-hybridized carbons (Fsp3) is 0.808. The van der Waals surface area contributed by atoms with Gasteiger partial charge < -0.3 is 28.2 Å². The van der Waals surface area contributed by atoms with E-state index in [1.54, 1.807) is 0 Å². The van der Waals surface area contributed by atoms with Gasteiger partial charge in [-0.2, -0.15) is 0 Å². The fourth-order valence-corrected chi connectivity index (χ4v) is 3.68. The molecule has 1 aliphatic heterocycles. The summed E-state index contributed by atoms with van der Waals surface area (Å²) in [5.74, 6) is 1.34. The largest absolute Gasteiger partial charge is 0.456 e. The summed E-state index contributed by atoms with van der Waals surface area (Å²) in [7, 11) is 4.15. The van der Waals surface area contributed by atoms with Gasteiger partial charge in [-0.3, -0.25) is 14.4 Å². The van der Waals surface area contributed by atoms with Crippen LogP contribution in [0.15, 0.2) is 0 Å². The standard InChI is InChI=1S/C26H44NO8/c1-7-13-21(28)33-20-19-32-26(31-18-12-11-17-27(5,6)16-10-4)25(35-23(30)15-9-3)24(20)34-22(29)14-8-2/h4,20,24-26H,7-9,11-19H2,1-3,5-6H3/q+1/t20-,24-,25+,26-/m0/s1. The second kappa shape index (κ2) is 16.5. The Bertz CT molecular complexity index is 702. The van der Waals surface area contributed by atoms with Gasteiger partial charge in [-0.1, -0.05) is 20.8 Å². The molecule has 1 saturated heterocycles. The highest BCUT2D eigenvalue weighted by atomic mass is 16.7. The van der Waals surface area contributed by atoms with Crippen LogP contribution in [0.4, 0.5) is 0 Å². The smallest absolute Gasteiger partial charge is 0.306 e. The molecule has 0 bridgehead atoms. The summed E-state index contributed by atoms with van der Waals surface area (Å²) < 4.78 is 29.4. The van der Waals surface area contributed by atoms with E-state index in [0.717, 1.165) is 19.4 Å². The Morgan fingerprint density at radius 2 is 1.43 bits per heavy atom. The molecule has 9 nitrogen and oxygen atoms in total. The predicted octanol–water partition coefficient (Wildman–Crippen LogP) is 2.98. The Morgan fingerprint density at radius 1 is 0.886 bits per heavy atom. The highest BCUT2D eigenvalue weighted by Crippen LogP contribution is 2.26. The highest BCUT2D eigenvalue weighted by Gasteiger charge is 2.48. The monoisotopic (exact) mass is 498 g/mol. The molecule has 1 aliphatic rings. The fourth-order valence-electron chi connectivity index (χ4n) is 3.68. The molecule has 0 spiro atoms. The van der Waals surface area contributed by atoms with Crippen molar-refractivity contribution in [1.82, 2.24) is 0 Å². The van der Waals surface area contributed by atoms with Crippen LogP contribution < -0.4 is 0 Å². The van der Waals surface area contributed by atoms with Gasteiger partial charge in [0, 0.05) is 19.3 Å². The molecule has 35 heavy (non-hydrogen) atoms. The first-order valence-corrected chi connectivity index (χ1v) is 12.7. The van der Waals surface area contributed by atoms with E-state index in [2.05, 4.69) is 20.0 Å². The van der Waals surface area contributed by atoms with Crippen molar-refractivity contribution in [3.8, 4) is 12.3 Å². The first-order valence-electron chi connectivity index (χ1n) is 12.7. The zero-order valence-corrected chi connectivity index (χ0v) is 22.1. The number of quaternary nitrogens is 1. The summed E-state index contributed by atoms with van der Waals surface area (Å²) >= 11 is 0. The maximum atomic E-state index is 12.4. The molecule has 0 aromatic carbocycles. The second-order valence-electron chi connectivity index (χ2n) is 9.49. The van der Waals surface area contributed by atoms with E-state index in [4.69, 9.17) is 30.1 Å². The van der Waals surface area contributed by atoms with Gasteiger partial charge in [0.05, 0.1) is 33.9 Å². The van der Waals surface area contributed by atoms with Crippen molar-refractivity contribution < 1.29 is 42.6 Å². The summed E-state index contributed by atoms with van der Waals surface area (Å²) in [6, 6.07) is 0. The molecule has 0 amide bonds. The van der Waals surface area contributed by atoms with Crippen molar-refractivity contribution in [2.75, 3.05) is 40.4 Å². The van der Waals surface area contributed by atoms with E-state index < -0.39 is 42.5 Å². The van der Waals surface area contributed by atoms with Crippen molar-refractivity contribution in [3.63, 3.8) is 0 Å². The van der Waals surface area contributed by atoms with E-state index >= 15 is 0 Å². The Kier molecular flexibility index (Phi) is 14.6. The van der Waals surface area contributed by atoms with Gasteiger partial charge in [0.2, 0.25) is 0 Å². The van der Waals surface area contributed by atoms with Crippen LogP contribution in [0.2, 0.25) is 0 Å². The number of ether oxygens (including phenoxy) is 5. The maximum absolute atomic E-state index is 12.4. The van der Waals surface area contributed by atoms with E-state index in [1.165, 1.54) is 0 Å². The van der Waals surface area contributed by atoms with Gasteiger partial charge in [-0.15, -0.1) is 6.42 Å². The van der Waals surface area contributed by atoms with Gasteiger partial charge in [-0.05, 0) is 38.0 Å². The number of carbonyl (C=O) groups is 3. The third kappa shape index (κ3) is 11.9. The summed E-state index contributed by atoms with van der Waals surface area (Å²) in [6.45, 7) is 7.45. The number of unbranched alkanes of at least 4 members (excludes halogenated alkanes) is 1. The Hall–Kier alpha value is -2.15. The molecule has 0 aromatic heterocycles. The van der Waals surface area contributed by atoms with E-state index in [9.17, 15) is 14.4 Å². The number of terminal acetylenes is 1. The lowest BCUT2D eigenvalue weighted by molar-refractivity contribution is -0.883. The lowest BCUT2D eigenvalue weighted by Gasteiger charge is -2.40. The molecule has 9 heteroatoms. The minimum Gasteiger partial charge on any atom is -0.456 e. The molecule has 1 fully saturated rings. The number of carbonyl (C=O) groups excluding carboxylic acids is 3. The highest BCUT2D eigenvalue weighted by molar-refractivity contribution is 5.71. The van der Waals surface area contributed by atoms with Gasteiger partial charge in [-0.25, -0.2) is 0 Å². The topological polar surface area (TPSA) is 97.4 Å². The quantitative estimate of drug-likeness (QED) is 0.105. The predicted molar refractivity (Wildman–Crippen MR) is 130 cm³/mol. The third-order valence-electron chi connectivity index (χ3n) is 5.52. The lowest BCUT2D eigenvalue weighted by Crippen LogP contribution is -2.58. The van der Waals surface area contributed by atoms with Crippen LogP contribution in [-0.2, 0) is 38.1 Å². The minimum atomic E-state index is -1.04. The zero-order chi connectivity index (χ0) is 26.3. The molecule has 1 rings (SSSR count).